The second-order valence-electron chi connectivity index (χ2n) is 7.56. The topological polar surface area (TPSA) is 97.3 Å². The third-order valence-electron chi connectivity index (χ3n) is 5.67. The number of fused-ring (bicyclic) bond motifs is 1. The lowest BCUT2D eigenvalue weighted by Crippen LogP contribution is -2.35. The minimum absolute atomic E-state index is 0.0653. The van der Waals surface area contributed by atoms with Crippen LogP contribution in [0.15, 0.2) is 18.3 Å². The van der Waals surface area contributed by atoms with Crippen LogP contribution in [0, 0.1) is 0 Å². The van der Waals surface area contributed by atoms with E-state index in [9.17, 15) is 4.79 Å². The van der Waals surface area contributed by atoms with Crippen molar-refractivity contribution in [1.82, 2.24) is 39.7 Å². The first-order valence-corrected chi connectivity index (χ1v) is 9.82. The zero-order valence-corrected chi connectivity index (χ0v) is 15.9. The van der Waals surface area contributed by atoms with Crippen molar-refractivity contribution < 1.29 is 4.79 Å². The number of anilines is 1. The van der Waals surface area contributed by atoms with E-state index in [0.29, 0.717) is 24.7 Å². The predicted molar refractivity (Wildman–Crippen MR) is 101 cm³/mol. The van der Waals surface area contributed by atoms with Crippen molar-refractivity contribution in [3.63, 3.8) is 0 Å². The van der Waals surface area contributed by atoms with Gasteiger partial charge in [-0.3, -0.25) is 9.48 Å². The van der Waals surface area contributed by atoms with Gasteiger partial charge in [0, 0.05) is 39.1 Å². The van der Waals surface area contributed by atoms with E-state index in [1.54, 1.807) is 17.9 Å². The number of hydrogen-bond acceptors (Lipinski definition) is 7. The molecule has 1 aliphatic heterocycles. The predicted octanol–water partition coefficient (Wildman–Crippen LogP) is 0.873. The van der Waals surface area contributed by atoms with Crippen LogP contribution in [0.25, 0.3) is 5.65 Å². The SMILES string of the molecule is Cn1cc(C(=O)N2CCCN(c3ccc4nnc(C5CCC5)n4n3)CC2)nn1. The van der Waals surface area contributed by atoms with Gasteiger partial charge >= 0.3 is 0 Å². The summed E-state index contributed by atoms with van der Waals surface area (Å²) < 4.78 is 3.45. The molecule has 146 valence electrons. The molecule has 4 heterocycles. The summed E-state index contributed by atoms with van der Waals surface area (Å²) in [4.78, 5) is 16.7. The number of amides is 1. The number of aryl methyl sites for hydroxylation is 1. The van der Waals surface area contributed by atoms with Gasteiger partial charge < -0.3 is 9.80 Å². The van der Waals surface area contributed by atoms with Crippen LogP contribution in [0.3, 0.4) is 0 Å². The van der Waals surface area contributed by atoms with Crippen molar-refractivity contribution in [2.24, 2.45) is 7.05 Å². The first kappa shape index (κ1) is 17.1. The van der Waals surface area contributed by atoms with Crippen LogP contribution in [0.2, 0.25) is 0 Å². The van der Waals surface area contributed by atoms with Gasteiger partial charge in [-0.2, -0.15) is 4.52 Å². The maximum atomic E-state index is 12.7. The van der Waals surface area contributed by atoms with Crippen molar-refractivity contribution >= 4 is 17.4 Å². The van der Waals surface area contributed by atoms with E-state index in [2.05, 4.69) is 25.4 Å². The normalized spacial score (nSPS) is 18.3. The fourth-order valence-electron chi connectivity index (χ4n) is 3.84. The summed E-state index contributed by atoms with van der Waals surface area (Å²) >= 11 is 0. The summed E-state index contributed by atoms with van der Waals surface area (Å²) in [5.41, 5.74) is 1.19. The standard InChI is InChI=1S/C18H23N9O/c1-24-12-14(19-23-24)18(28)26-9-3-8-25(10-11-26)16-7-6-15-20-21-17(27(15)22-16)13-4-2-5-13/h6-7,12-13H,2-5,8-11H2,1H3. The minimum atomic E-state index is -0.0653. The Morgan fingerprint density at radius 1 is 1.04 bits per heavy atom. The maximum absolute atomic E-state index is 12.7. The number of aromatic nitrogens is 7. The van der Waals surface area contributed by atoms with Crippen molar-refractivity contribution in [2.75, 3.05) is 31.1 Å². The largest absolute Gasteiger partial charge is 0.353 e. The molecule has 0 spiro atoms. The second-order valence-corrected chi connectivity index (χ2v) is 7.56. The van der Waals surface area contributed by atoms with E-state index in [0.717, 1.165) is 49.6 Å². The average molecular weight is 381 g/mol. The van der Waals surface area contributed by atoms with E-state index in [4.69, 9.17) is 5.10 Å². The van der Waals surface area contributed by atoms with Gasteiger partial charge in [0.05, 0.1) is 6.20 Å². The molecule has 1 saturated carbocycles. The van der Waals surface area contributed by atoms with Crippen molar-refractivity contribution in [1.29, 1.82) is 0 Å². The van der Waals surface area contributed by atoms with Gasteiger partial charge in [-0.25, -0.2) is 0 Å². The van der Waals surface area contributed by atoms with E-state index in [1.165, 1.54) is 6.42 Å². The van der Waals surface area contributed by atoms with E-state index in [-0.39, 0.29) is 5.91 Å². The number of rotatable bonds is 3. The highest BCUT2D eigenvalue weighted by Crippen LogP contribution is 2.35. The number of carbonyl (C=O) groups excluding carboxylic acids is 1. The molecule has 2 aliphatic rings. The summed E-state index contributed by atoms with van der Waals surface area (Å²) in [6.45, 7) is 2.91. The highest BCUT2D eigenvalue weighted by atomic mass is 16.2. The van der Waals surface area contributed by atoms with Gasteiger partial charge in [0.2, 0.25) is 0 Å². The molecule has 0 atom stereocenters. The van der Waals surface area contributed by atoms with Gasteiger partial charge in [0.1, 0.15) is 5.82 Å². The lowest BCUT2D eigenvalue weighted by atomic mass is 9.85. The smallest absolute Gasteiger partial charge is 0.276 e. The third-order valence-corrected chi connectivity index (χ3v) is 5.67. The van der Waals surface area contributed by atoms with Crippen molar-refractivity contribution in [3.05, 3.63) is 29.8 Å². The van der Waals surface area contributed by atoms with Gasteiger partial charge in [-0.1, -0.05) is 11.6 Å². The molecule has 28 heavy (non-hydrogen) atoms. The maximum Gasteiger partial charge on any atom is 0.276 e. The highest BCUT2D eigenvalue weighted by molar-refractivity contribution is 5.92. The Balaban J connectivity index is 1.33. The Morgan fingerprint density at radius 3 is 2.68 bits per heavy atom. The Kier molecular flexibility index (Phi) is 4.18. The monoisotopic (exact) mass is 381 g/mol. The molecule has 2 fully saturated rings. The molecule has 1 amide bonds. The zero-order valence-electron chi connectivity index (χ0n) is 15.9. The van der Waals surface area contributed by atoms with Crippen LogP contribution in [0.1, 0.15) is 47.9 Å². The Hall–Kier alpha value is -3.04. The van der Waals surface area contributed by atoms with Crippen LogP contribution >= 0.6 is 0 Å². The Bertz CT molecular complexity index is 1010. The summed E-state index contributed by atoms with van der Waals surface area (Å²) in [5.74, 6) is 2.28. The van der Waals surface area contributed by atoms with Crippen LogP contribution in [0.4, 0.5) is 5.82 Å². The van der Waals surface area contributed by atoms with E-state index < -0.39 is 0 Å². The Morgan fingerprint density at radius 2 is 1.93 bits per heavy atom. The number of hydrogen-bond donors (Lipinski definition) is 0. The summed E-state index contributed by atoms with van der Waals surface area (Å²) in [7, 11) is 1.76. The zero-order chi connectivity index (χ0) is 19.1. The molecule has 1 aliphatic carbocycles. The van der Waals surface area contributed by atoms with Crippen LogP contribution < -0.4 is 4.90 Å². The summed E-state index contributed by atoms with van der Waals surface area (Å²) in [6.07, 6.45) is 6.12. The van der Waals surface area contributed by atoms with Crippen LogP contribution in [-0.2, 0) is 7.05 Å². The lowest BCUT2D eigenvalue weighted by molar-refractivity contribution is 0.0761. The number of carbonyl (C=O) groups is 1. The second kappa shape index (κ2) is 6.84. The molecule has 10 nitrogen and oxygen atoms in total. The summed E-state index contributed by atoms with van der Waals surface area (Å²) in [5, 5.41) is 21.2. The molecule has 0 unspecified atom stereocenters. The molecule has 3 aromatic heterocycles. The van der Waals surface area contributed by atoms with E-state index in [1.807, 2.05) is 21.5 Å². The lowest BCUT2D eigenvalue weighted by Gasteiger charge is -2.24. The third kappa shape index (κ3) is 2.98. The molecule has 0 bridgehead atoms. The molecule has 0 aromatic carbocycles. The molecular formula is C18H23N9O. The van der Waals surface area contributed by atoms with Crippen LogP contribution in [-0.4, -0.2) is 71.8 Å². The van der Waals surface area contributed by atoms with Gasteiger partial charge in [-0.15, -0.1) is 20.4 Å². The fourth-order valence-corrected chi connectivity index (χ4v) is 3.84. The van der Waals surface area contributed by atoms with Gasteiger partial charge in [-0.05, 0) is 31.4 Å². The van der Waals surface area contributed by atoms with Gasteiger partial charge in [0.25, 0.3) is 5.91 Å². The molecule has 1 saturated heterocycles. The first-order chi connectivity index (χ1) is 13.7. The van der Waals surface area contributed by atoms with Crippen molar-refractivity contribution in [3.8, 4) is 0 Å². The molecular weight excluding hydrogens is 358 g/mol. The van der Waals surface area contributed by atoms with E-state index >= 15 is 0 Å². The number of nitrogens with zero attached hydrogens (tertiary/aromatic N) is 9. The molecule has 3 aromatic rings. The van der Waals surface area contributed by atoms with Crippen molar-refractivity contribution in [2.45, 2.75) is 31.6 Å². The quantitative estimate of drug-likeness (QED) is 0.664. The Labute approximate surface area is 162 Å². The highest BCUT2D eigenvalue weighted by Gasteiger charge is 2.26. The van der Waals surface area contributed by atoms with Gasteiger partial charge in [0.15, 0.2) is 17.2 Å². The first-order valence-electron chi connectivity index (χ1n) is 9.82. The molecule has 0 N–H and O–H groups in total. The molecule has 0 radical (unpaired) electrons. The minimum Gasteiger partial charge on any atom is -0.353 e. The molecule has 5 rings (SSSR count). The molecule has 10 heteroatoms. The fraction of sp³-hybridized carbons (Fsp3) is 0.556. The summed E-state index contributed by atoms with van der Waals surface area (Å²) in [6, 6.07) is 3.97. The average Bonchev–Trinajstić information content (AvgIpc) is 3.18. The van der Waals surface area contributed by atoms with Crippen LogP contribution in [0.5, 0.6) is 0 Å².